The van der Waals surface area contributed by atoms with Crippen LogP contribution in [0.25, 0.3) is 11.1 Å². The number of carbonyl (C=O) groups is 1. The minimum absolute atomic E-state index is 0.0937. The Morgan fingerprint density at radius 3 is 2.26 bits per heavy atom. The zero-order valence-electron chi connectivity index (χ0n) is 18.0. The third kappa shape index (κ3) is 5.26. The summed E-state index contributed by atoms with van der Waals surface area (Å²) in [5.41, 5.74) is 3.91. The molecule has 0 spiro atoms. The van der Waals surface area contributed by atoms with Crippen LogP contribution in [0.1, 0.15) is 42.1 Å². The van der Waals surface area contributed by atoms with E-state index in [1.54, 1.807) is 0 Å². The molecule has 1 saturated heterocycles. The minimum atomic E-state index is 0.0937. The first-order chi connectivity index (χ1) is 15.2. The number of rotatable bonds is 7. The number of nitrogens with zero attached hydrogens (tertiary/aromatic N) is 1. The second-order valence-electron chi connectivity index (χ2n) is 7.79. The molecule has 160 valence electrons. The van der Waals surface area contributed by atoms with Gasteiger partial charge in [0.05, 0.1) is 6.61 Å². The molecule has 0 aliphatic carbocycles. The Hall–Kier alpha value is -3.27. The van der Waals surface area contributed by atoms with Gasteiger partial charge in [0.1, 0.15) is 18.1 Å². The van der Waals surface area contributed by atoms with E-state index in [-0.39, 0.29) is 5.91 Å². The zero-order valence-corrected chi connectivity index (χ0v) is 18.0. The fourth-order valence-corrected chi connectivity index (χ4v) is 3.94. The van der Waals surface area contributed by atoms with E-state index < -0.39 is 0 Å². The summed E-state index contributed by atoms with van der Waals surface area (Å²) >= 11 is 0. The molecule has 4 nitrogen and oxygen atoms in total. The van der Waals surface area contributed by atoms with Crippen molar-refractivity contribution in [3.05, 3.63) is 83.9 Å². The molecule has 3 aromatic carbocycles. The molecular weight excluding hydrogens is 386 g/mol. The lowest BCUT2D eigenvalue weighted by molar-refractivity contribution is 0.0724. The van der Waals surface area contributed by atoms with Gasteiger partial charge in [-0.05, 0) is 67.6 Å². The van der Waals surface area contributed by atoms with Crippen LogP contribution in [0.2, 0.25) is 0 Å². The highest BCUT2D eigenvalue weighted by Gasteiger charge is 2.19. The van der Waals surface area contributed by atoms with Crippen LogP contribution in [0.5, 0.6) is 11.5 Å². The lowest BCUT2D eigenvalue weighted by Gasteiger charge is -2.27. The van der Waals surface area contributed by atoms with E-state index in [0.717, 1.165) is 48.6 Å². The van der Waals surface area contributed by atoms with Crippen LogP contribution in [0.15, 0.2) is 72.8 Å². The van der Waals surface area contributed by atoms with Crippen molar-refractivity contribution in [1.82, 2.24) is 4.90 Å². The topological polar surface area (TPSA) is 38.8 Å². The Labute approximate surface area is 184 Å². The number of hydrogen-bond donors (Lipinski definition) is 0. The van der Waals surface area contributed by atoms with Crippen molar-refractivity contribution in [1.29, 1.82) is 0 Å². The first kappa shape index (κ1) is 21.0. The van der Waals surface area contributed by atoms with Crippen molar-refractivity contribution in [2.24, 2.45) is 0 Å². The number of ether oxygens (including phenoxy) is 2. The van der Waals surface area contributed by atoms with E-state index in [0.29, 0.717) is 18.8 Å². The van der Waals surface area contributed by atoms with Gasteiger partial charge in [-0.25, -0.2) is 0 Å². The maximum Gasteiger partial charge on any atom is 0.253 e. The van der Waals surface area contributed by atoms with Crippen molar-refractivity contribution >= 4 is 5.91 Å². The molecule has 1 aliphatic heterocycles. The number of piperidine rings is 1. The molecule has 4 heteroatoms. The van der Waals surface area contributed by atoms with Crippen LogP contribution >= 0.6 is 0 Å². The normalized spacial score (nSPS) is 13.6. The first-order valence-corrected chi connectivity index (χ1v) is 11.1. The third-order valence-electron chi connectivity index (χ3n) is 5.61. The fourth-order valence-electron chi connectivity index (χ4n) is 3.94. The Balaban J connectivity index is 1.48. The molecular formula is C27H29NO3. The van der Waals surface area contributed by atoms with Gasteiger partial charge < -0.3 is 14.4 Å². The first-order valence-electron chi connectivity index (χ1n) is 11.1. The van der Waals surface area contributed by atoms with Gasteiger partial charge in [-0.2, -0.15) is 0 Å². The molecule has 0 aromatic heterocycles. The molecule has 0 saturated carbocycles. The summed E-state index contributed by atoms with van der Waals surface area (Å²) < 4.78 is 11.8. The summed E-state index contributed by atoms with van der Waals surface area (Å²) in [7, 11) is 0. The predicted octanol–water partition coefficient (Wildman–Crippen LogP) is 5.96. The third-order valence-corrected chi connectivity index (χ3v) is 5.61. The maximum absolute atomic E-state index is 12.9. The van der Waals surface area contributed by atoms with Gasteiger partial charge in [0, 0.05) is 24.2 Å². The van der Waals surface area contributed by atoms with Gasteiger partial charge >= 0.3 is 0 Å². The van der Waals surface area contributed by atoms with Crippen LogP contribution in [0, 0.1) is 0 Å². The molecule has 0 unspecified atom stereocenters. The predicted molar refractivity (Wildman–Crippen MR) is 124 cm³/mol. The van der Waals surface area contributed by atoms with Crippen molar-refractivity contribution in [3.8, 4) is 22.6 Å². The van der Waals surface area contributed by atoms with Crippen molar-refractivity contribution in [2.45, 2.75) is 32.8 Å². The van der Waals surface area contributed by atoms with E-state index in [9.17, 15) is 4.79 Å². The molecule has 1 heterocycles. The molecule has 1 amide bonds. The number of carbonyl (C=O) groups excluding carboxylic acids is 1. The van der Waals surface area contributed by atoms with Crippen molar-refractivity contribution in [2.75, 3.05) is 19.7 Å². The summed E-state index contributed by atoms with van der Waals surface area (Å²) in [6, 6.07) is 24.0. The van der Waals surface area contributed by atoms with Gasteiger partial charge in [-0.15, -0.1) is 0 Å². The lowest BCUT2D eigenvalue weighted by Crippen LogP contribution is -2.35. The highest BCUT2D eigenvalue weighted by Crippen LogP contribution is 2.26. The molecule has 1 fully saturated rings. The van der Waals surface area contributed by atoms with Crippen molar-refractivity contribution < 1.29 is 14.3 Å². The summed E-state index contributed by atoms with van der Waals surface area (Å²) in [6.45, 7) is 4.55. The Kier molecular flexibility index (Phi) is 6.88. The highest BCUT2D eigenvalue weighted by molar-refractivity contribution is 5.94. The van der Waals surface area contributed by atoms with Gasteiger partial charge in [-0.1, -0.05) is 42.5 Å². The van der Waals surface area contributed by atoms with Crippen LogP contribution in [-0.2, 0) is 6.61 Å². The van der Waals surface area contributed by atoms with E-state index in [1.807, 2.05) is 60.4 Å². The van der Waals surface area contributed by atoms with Crippen LogP contribution < -0.4 is 9.47 Å². The Bertz CT molecular complexity index is 993. The van der Waals surface area contributed by atoms with Gasteiger partial charge in [0.15, 0.2) is 0 Å². The van der Waals surface area contributed by atoms with E-state index in [1.165, 1.54) is 12.0 Å². The van der Waals surface area contributed by atoms with E-state index >= 15 is 0 Å². The molecule has 0 radical (unpaired) electrons. The SMILES string of the molecule is CCOc1ccc(C(=O)N2CCCCC2)cc1COc1ccc(-c2ccccc2)cc1. The summed E-state index contributed by atoms with van der Waals surface area (Å²) in [6.07, 6.45) is 3.37. The second kappa shape index (κ2) is 10.2. The molecule has 0 N–H and O–H groups in total. The maximum atomic E-state index is 12.9. The van der Waals surface area contributed by atoms with Crippen LogP contribution in [0.3, 0.4) is 0 Å². The molecule has 4 rings (SSSR count). The molecule has 0 bridgehead atoms. The number of hydrogen-bond acceptors (Lipinski definition) is 3. The fraction of sp³-hybridized carbons (Fsp3) is 0.296. The monoisotopic (exact) mass is 415 g/mol. The lowest BCUT2D eigenvalue weighted by atomic mass is 10.1. The minimum Gasteiger partial charge on any atom is -0.493 e. The molecule has 0 atom stereocenters. The van der Waals surface area contributed by atoms with E-state index in [4.69, 9.17) is 9.47 Å². The summed E-state index contributed by atoms with van der Waals surface area (Å²) in [5, 5.41) is 0. The number of likely N-dealkylation sites (tertiary alicyclic amines) is 1. The molecule has 3 aromatic rings. The number of benzene rings is 3. The van der Waals surface area contributed by atoms with Gasteiger partial charge in [0.25, 0.3) is 5.91 Å². The average molecular weight is 416 g/mol. The summed E-state index contributed by atoms with van der Waals surface area (Å²) in [4.78, 5) is 14.9. The standard InChI is InChI=1S/C27H29NO3/c1-2-30-26-16-13-23(27(29)28-17-7-4-8-18-28)19-24(26)20-31-25-14-11-22(12-15-25)21-9-5-3-6-10-21/h3,5-6,9-16,19H,2,4,7-8,17-18,20H2,1H3. The van der Waals surface area contributed by atoms with Crippen molar-refractivity contribution in [3.63, 3.8) is 0 Å². The van der Waals surface area contributed by atoms with E-state index in [2.05, 4.69) is 24.3 Å². The van der Waals surface area contributed by atoms with Crippen LogP contribution in [-0.4, -0.2) is 30.5 Å². The average Bonchev–Trinajstić information content (AvgIpc) is 2.84. The molecule has 31 heavy (non-hydrogen) atoms. The van der Waals surface area contributed by atoms with Crippen LogP contribution in [0.4, 0.5) is 0 Å². The molecule has 1 aliphatic rings. The quantitative estimate of drug-likeness (QED) is 0.478. The Morgan fingerprint density at radius 2 is 1.55 bits per heavy atom. The van der Waals surface area contributed by atoms with Gasteiger partial charge in [-0.3, -0.25) is 4.79 Å². The smallest absolute Gasteiger partial charge is 0.253 e. The second-order valence-corrected chi connectivity index (χ2v) is 7.79. The highest BCUT2D eigenvalue weighted by atomic mass is 16.5. The Morgan fingerprint density at radius 1 is 0.839 bits per heavy atom. The zero-order chi connectivity index (χ0) is 21.5. The largest absolute Gasteiger partial charge is 0.493 e. The van der Waals surface area contributed by atoms with Gasteiger partial charge in [0.2, 0.25) is 0 Å². The number of amides is 1. The summed E-state index contributed by atoms with van der Waals surface area (Å²) in [5.74, 6) is 1.64.